The normalized spacial score (nSPS) is 20.9. The molecule has 0 amide bonds. The summed E-state index contributed by atoms with van der Waals surface area (Å²) >= 11 is 0. The van der Waals surface area contributed by atoms with Crippen LogP contribution < -0.4 is 0 Å². The van der Waals surface area contributed by atoms with E-state index in [0.29, 0.717) is 12.8 Å². The Bertz CT molecular complexity index is 595. The molecular weight excluding hydrogens is 368 g/mol. The van der Waals surface area contributed by atoms with Crippen molar-refractivity contribution >= 4 is 23.9 Å². The Balaban J connectivity index is 2.68. The molecule has 0 radical (unpaired) electrons. The van der Waals surface area contributed by atoms with Gasteiger partial charge in [0.25, 0.3) is 0 Å². The number of rotatable bonds is 8. The smallest absolute Gasteiger partial charge is 0.336 e. The van der Waals surface area contributed by atoms with Crippen molar-refractivity contribution in [1.29, 1.82) is 0 Å². The molecule has 28 heavy (non-hydrogen) atoms. The number of carbonyl (C=O) groups excluding carboxylic acids is 4. The van der Waals surface area contributed by atoms with E-state index in [2.05, 4.69) is 13.2 Å². The van der Waals surface area contributed by atoms with Gasteiger partial charge in [-0.25, -0.2) is 9.59 Å². The molecule has 4 unspecified atom stereocenters. The second-order valence-corrected chi connectivity index (χ2v) is 6.88. The molecular formula is C20H28O8. The molecule has 0 bridgehead atoms. The third kappa shape index (κ3) is 7.17. The van der Waals surface area contributed by atoms with Gasteiger partial charge >= 0.3 is 23.9 Å². The van der Waals surface area contributed by atoms with Crippen LogP contribution in [0.5, 0.6) is 0 Å². The highest BCUT2D eigenvalue weighted by Gasteiger charge is 2.39. The highest BCUT2D eigenvalue weighted by molar-refractivity contribution is 5.88. The number of hydrogen-bond donors (Lipinski definition) is 0. The molecule has 1 rings (SSSR count). The van der Waals surface area contributed by atoms with Crippen LogP contribution in [-0.2, 0) is 38.1 Å². The van der Waals surface area contributed by atoms with Gasteiger partial charge in [0.05, 0.1) is 11.8 Å². The maximum atomic E-state index is 12.5. The highest BCUT2D eigenvalue weighted by Crippen LogP contribution is 2.32. The van der Waals surface area contributed by atoms with Crippen LogP contribution in [0.3, 0.4) is 0 Å². The first-order valence-corrected chi connectivity index (χ1v) is 9.16. The van der Waals surface area contributed by atoms with Crippen LogP contribution in [0.2, 0.25) is 0 Å². The van der Waals surface area contributed by atoms with E-state index in [-0.39, 0.29) is 11.1 Å². The summed E-state index contributed by atoms with van der Waals surface area (Å²) in [6, 6.07) is 0. The van der Waals surface area contributed by atoms with Crippen LogP contribution in [0.25, 0.3) is 0 Å². The van der Waals surface area contributed by atoms with E-state index in [1.165, 1.54) is 27.7 Å². The lowest BCUT2D eigenvalue weighted by molar-refractivity contribution is -0.196. The minimum Gasteiger partial charge on any atom is -0.425 e. The van der Waals surface area contributed by atoms with Gasteiger partial charge in [-0.3, -0.25) is 9.59 Å². The number of esters is 4. The van der Waals surface area contributed by atoms with Crippen LogP contribution in [0.15, 0.2) is 24.3 Å². The molecule has 1 aliphatic rings. The summed E-state index contributed by atoms with van der Waals surface area (Å²) in [5.74, 6) is -4.08. The van der Waals surface area contributed by atoms with Crippen molar-refractivity contribution in [2.45, 2.75) is 66.0 Å². The van der Waals surface area contributed by atoms with Crippen molar-refractivity contribution in [2.24, 2.45) is 11.8 Å². The standard InChI is InChI=1S/C20H28O8/c1-11(2)17(21)25-13(5)27-19(23)15-9-7-8-10-16(15)20(24)28-14(6)26-18(22)12(3)4/h13-16H,1,3,7-10H2,2,4-6H3. The quantitative estimate of drug-likeness (QED) is 0.350. The third-order valence-electron chi connectivity index (χ3n) is 4.18. The Morgan fingerprint density at radius 1 is 0.714 bits per heavy atom. The topological polar surface area (TPSA) is 105 Å². The fourth-order valence-electron chi connectivity index (χ4n) is 2.75. The number of carbonyl (C=O) groups is 4. The zero-order chi connectivity index (χ0) is 21.4. The molecule has 0 heterocycles. The summed E-state index contributed by atoms with van der Waals surface area (Å²) in [7, 11) is 0. The van der Waals surface area contributed by atoms with Gasteiger partial charge in [0.15, 0.2) is 0 Å². The van der Waals surface area contributed by atoms with E-state index >= 15 is 0 Å². The van der Waals surface area contributed by atoms with E-state index in [1.54, 1.807) is 0 Å². The molecule has 8 heteroatoms. The van der Waals surface area contributed by atoms with Crippen LogP contribution in [0, 0.1) is 11.8 Å². The largest absolute Gasteiger partial charge is 0.425 e. The van der Waals surface area contributed by atoms with E-state index in [1.807, 2.05) is 0 Å². The Morgan fingerprint density at radius 2 is 1.04 bits per heavy atom. The second kappa shape index (κ2) is 10.6. The predicted octanol–water partition coefficient (Wildman–Crippen LogP) is 2.81. The summed E-state index contributed by atoms with van der Waals surface area (Å²) in [6.07, 6.45) is 0.184. The summed E-state index contributed by atoms with van der Waals surface area (Å²) in [5, 5.41) is 0. The van der Waals surface area contributed by atoms with E-state index < -0.39 is 48.3 Å². The lowest BCUT2D eigenvalue weighted by atomic mass is 9.79. The first-order chi connectivity index (χ1) is 13.0. The molecule has 0 aromatic carbocycles. The highest BCUT2D eigenvalue weighted by atomic mass is 16.7. The molecule has 0 saturated heterocycles. The van der Waals surface area contributed by atoms with Crippen molar-refractivity contribution in [3.8, 4) is 0 Å². The van der Waals surface area contributed by atoms with Gasteiger partial charge in [0.1, 0.15) is 0 Å². The first kappa shape index (κ1) is 23.4. The fourth-order valence-corrected chi connectivity index (χ4v) is 2.75. The summed E-state index contributed by atoms with van der Waals surface area (Å²) in [4.78, 5) is 48.0. The molecule has 1 aliphatic carbocycles. The van der Waals surface area contributed by atoms with Crippen LogP contribution in [0.1, 0.15) is 53.4 Å². The van der Waals surface area contributed by atoms with Crippen LogP contribution >= 0.6 is 0 Å². The number of ether oxygens (including phenoxy) is 4. The molecule has 4 atom stereocenters. The van der Waals surface area contributed by atoms with Gasteiger partial charge in [0.2, 0.25) is 12.6 Å². The molecule has 0 N–H and O–H groups in total. The molecule has 0 aromatic rings. The maximum absolute atomic E-state index is 12.5. The average molecular weight is 396 g/mol. The second-order valence-electron chi connectivity index (χ2n) is 6.88. The van der Waals surface area contributed by atoms with Crippen LogP contribution in [0.4, 0.5) is 0 Å². The summed E-state index contributed by atoms with van der Waals surface area (Å²) in [5.41, 5.74) is 0.362. The van der Waals surface area contributed by atoms with E-state index in [9.17, 15) is 19.2 Å². The van der Waals surface area contributed by atoms with Crippen LogP contribution in [-0.4, -0.2) is 36.5 Å². The van der Waals surface area contributed by atoms with Gasteiger partial charge in [-0.2, -0.15) is 0 Å². The Hall–Kier alpha value is -2.64. The average Bonchev–Trinajstić information content (AvgIpc) is 2.60. The molecule has 156 valence electrons. The third-order valence-corrected chi connectivity index (χ3v) is 4.18. The molecule has 0 aliphatic heterocycles. The molecule has 0 aromatic heterocycles. The van der Waals surface area contributed by atoms with Gasteiger partial charge in [-0.15, -0.1) is 0 Å². The Labute approximate surface area is 164 Å². The minimum atomic E-state index is -1.11. The molecule has 1 fully saturated rings. The fraction of sp³-hybridized carbons (Fsp3) is 0.600. The lowest BCUT2D eigenvalue weighted by Crippen LogP contribution is -2.38. The summed E-state index contributed by atoms with van der Waals surface area (Å²) < 4.78 is 20.2. The van der Waals surface area contributed by atoms with Crippen molar-refractivity contribution < 1.29 is 38.1 Å². The predicted molar refractivity (Wildman–Crippen MR) is 98.4 cm³/mol. The SMILES string of the molecule is C=C(C)C(=O)OC(C)OC(=O)C1CCCCC1C(=O)OC(C)OC(=O)C(=C)C. The zero-order valence-corrected chi connectivity index (χ0v) is 16.8. The maximum Gasteiger partial charge on any atom is 0.336 e. The first-order valence-electron chi connectivity index (χ1n) is 9.16. The molecule has 1 saturated carbocycles. The Kier molecular flexibility index (Phi) is 8.88. The van der Waals surface area contributed by atoms with E-state index in [0.717, 1.165) is 12.8 Å². The van der Waals surface area contributed by atoms with Gasteiger partial charge < -0.3 is 18.9 Å². The van der Waals surface area contributed by atoms with E-state index in [4.69, 9.17) is 18.9 Å². The van der Waals surface area contributed by atoms with Crippen molar-refractivity contribution in [3.05, 3.63) is 24.3 Å². The Morgan fingerprint density at radius 3 is 1.32 bits per heavy atom. The van der Waals surface area contributed by atoms with Crippen molar-refractivity contribution in [1.82, 2.24) is 0 Å². The molecule has 0 spiro atoms. The van der Waals surface area contributed by atoms with Gasteiger partial charge in [-0.05, 0) is 26.7 Å². The van der Waals surface area contributed by atoms with Gasteiger partial charge in [0, 0.05) is 25.0 Å². The van der Waals surface area contributed by atoms with Crippen molar-refractivity contribution in [3.63, 3.8) is 0 Å². The zero-order valence-electron chi connectivity index (χ0n) is 16.8. The monoisotopic (exact) mass is 396 g/mol. The van der Waals surface area contributed by atoms with Gasteiger partial charge in [-0.1, -0.05) is 26.0 Å². The van der Waals surface area contributed by atoms with Crippen molar-refractivity contribution in [2.75, 3.05) is 0 Å². The number of hydrogen-bond acceptors (Lipinski definition) is 8. The summed E-state index contributed by atoms with van der Waals surface area (Å²) in [6.45, 7) is 12.7. The molecule has 8 nitrogen and oxygen atoms in total. The minimum absolute atomic E-state index is 0.181. The lowest BCUT2D eigenvalue weighted by Gasteiger charge is -2.29.